The van der Waals surface area contributed by atoms with Crippen LogP contribution in [0.3, 0.4) is 0 Å². The normalized spacial score (nSPS) is 27.8. The minimum absolute atomic E-state index is 0.0728. The van der Waals surface area contributed by atoms with Crippen LogP contribution < -0.4 is 11.4 Å². The Balaban J connectivity index is 2.22. The van der Waals surface area contributed by atoms with Crippen LogP contribution >= 0.6 is 7.82 Å². The lowest BCUT2D eigenvalue weighted by Crippen LogP contribution is -2.47. The van der Waals surface area contributed by atoms with Crippen molar-refractivity contribution in [2.75, 3.05) is 26.1 Å². The zero-order valence-electron chi connectivity index (χ0n) is 13.7. The first-order valence-corrected chi connectivity index (χ1v) is 8.89. The number of phosphoric acid groups is 1. The van der Waals surface area contributed by atoms with E-state index in [1.165, 1.54) is 16.8 Å². The van der Waals surface area contributed by atoms with Crippen LogP contribution in [0.2, 0.25) is 0 Å². The topological polar surface area (TPSA) is 135 Å². The molecule has 1 aromatic heterocycles. The second kappa shape index (κ2) is 7.30. The number of ether oxygens (including phenoxy) is 2. The molecule has 3 unspecified atom stereocenters. The van der Waals surface area contributed by atoms with Gasteiger partial charge < -0.3 is 20.1 Å². The average molecular weight is 363 g/mol. The fourth-order valence-corrected chi connectivity index (χ4v) is 3.20. The van der Waals surface area contributed by atoms with Gasteiger partial charge in [-0.15, -0.1) is 0 Å². The van der Waals surface area contributed by atoms with Gasteiger partial charge in [-0.25, -0.2) is 9.36 Å². The maximum Gasteiger partial charge on any atom is 0.472 e. The number of hydrogen-bond acceptors (Lipinski definition) is 8. The highest BCUT2D eigenvalue weighted by molar-refractivity contribution is 7.47. The smallest absolute Gasteiger partial charge is 0.383 e. The molecule has 4 atom stereocenters. The van der Waals surface area contributed by atoms with Crippen LogP contribution in [0.4, 0.5) is 5.82 Å². The Hall–Kier alpha value is -1.29. The highest BCUT2D eigenvalue weighted by atomic mass is 31.2. The fourth-order valence-electron chi connectivity index (χ4n) is 2.54. The molecule has 1 aliphatic heterocycles. The van der Waals surface area contributed by atoms with Crippen molar-refractivity contribution in [3.63, 3.8) is 0 Å². The Morgan fingerprint density at radius 3 is 2.96 bits per heavy atom. The molecule has 3 N–H and O–H groups in total. The molecule has 1 aromatic rings. The first-order chi connectivity index (χ1) is 11.2. The number of nitrogens with two attached hydrogens (primary N) is 1. The van der Waals surface area contributed by atoms with E-state index in [1.54, 1.807) is 6.92 Å². The molecule has 136 valence electrons. The van der Waals surface area contributed by atoms with Crippen molar-refractivity contribution in [2.45, 2.75) is 38.2 Å². The first-order valence-electron chi connectivity index (χ1n) is 7.40. The standard InChI is InChI=1S/C13H22N3O7P/c1-4-13(8-21-7-10(13)23-24(18,19)20-3)22-9(2)16-6-5-11(14)15-12(16)17/h5-6,9-10H,4,7-8H2,1-3H3,(H,18,19)(H2,14,15,17)/t9?,10?,13-/m0/s1. The summed E-state index contributed by atoms with van der Waals surface area (Å²) in [6.45, 7) is 3.71. The second-order valence-corrected chi connectivity index (χ2v) is 6.95. The number of nitrogen functional groups attached to an aromatic ring is 1. The Bertz CT molecular complexity index is 682. The van der Waals surface area contributed by atoms with Crippen LogP contribution in [0.15, 0.2) is 17.1 Å². The summed E-state index contributed by atoms with van der Waals surface area (Å²) in [4.78, 5) is 25.1. The third kappa shape index (κ3) is 4.02. The van der Waals surface area contributed by atoms with Crippen LogP contribution in [-0.2, 0) is 23.1 Å². The zero-order chi connectivity index (χ0) is 18.0. The molecule has 10 nitrogen and oxygen atoms in total. The van der Waals surface area contributed by atoms with Gasteiger partial charge in [-0.1, -0.05) is 6.92 Å². The molecular weight excluding hydrogens is 341 g/mol. The molecule has 0 spiro atoms. The SMILES string of the molecule is CC[C@]1(OC(C)n2ccc(N)nc2=O)COCC1OP(=O)(O)OC. The number of phosphoric ester groups is 1. The Morgan fingerprint density at radius 1 is 1.67 bits per heavy atom. The van der Waals surface area contributed by atoms with E-state index in [4.69, 9.17) is 19.7 Å². The quantitative estimate of drug-likeness (QED) is 0.670. The van der Waals surface area contributed by atoms with E-state index in [1.807, 2.05) is 6.92 Å². The van der Waals surface area contributed by atoms with Crippen LogP contribution in [0.1, 0.15) is 26.5 Å². The molecule has 1 saturated heterocycles. The maximum atomic E-state index is 11.9. The lowest BCUT2D eigenvalue weighted by atomic mass is 9.97. The number of hydrogen-bond donors (Lipinski definition) is 2. The van der Waals surface area contributed by atoms with Crippen LogP contribution in [0.25, 0.3) is 0 Å². The summed E-state index contributed by atoms with van der Waals surface area (Å²) >= 11 is 0. The monoisotopic (exact) mass is 363 g/mol. The van der Waals surface area contributed by atoms with Gasteiger partial charge in [0.2, 0.25) is 0 Å². The van der Waals surface area contributed by atoms with E-state index in [2.05, 4.69) is 9.51 Å². The molecule has 1 aliphatic rings. The molecule has 0 bridgehead atoms. The van der Waals surface area contributed by atoms with Gasteiger partial charge in [0.1, 0.15) is 23.8 Å². The molecule has 0 aliphatic carbocycles. The van der Waals surface area contributed by atoms with Crippen molar-refractivity contribution in [3.8, 4) is 0 Å². The summed E-state index contributed by atoms with van der Waals surface area (Å²) in [5.41, 5.74) is 3.91. The summed E-state index contributed by atoms with van der Waals surface area (Å²) in [7, 11) is -3.13. The van der Waals surface area contributed by atoms with E-state index >= 15 is 0 Å². The van der Waals surface area contributed by atoms with E-state index < -0.39 is 31.4 Å². The summed E-state index contributed by atoms with van der Waals surface area (Å²) in [5, 5.41) is 0. The molecular formula is C13H22N3O7P. The molecule has 11 heteroatoms. The van der Waals surface area contributed by atoms with Crippen molar-refractivity contribution in [3.05, 3.63) is 22.7 Å². The summed E-state index contributed by atoms with van der Waals surface area (Å²) in [6, 6.07) is 1.48. The van der Waals surface area contributed by atoms with E-state index in [9.17, 15) is 14.3 Å². The highest BCUT2D eigenvalue weighted by Crippen LogP contribution is 2.48. The van der Waals surface area contributed by atoms with Gasteiger partial charge in [-0.2, -0.15) is 4.98 Å². The van der Waals surface area contributed by atoms with Crippen molar-refractivity contribution in [2.24, 2.45) is 0 Å². The average Bonchev–Trinajstić information content (AvgIpc) is 2.89. The zero-order valence-corrected chi connectivity index (χ0v) is 14.6. The van der Waals surface area contributed by atoms with Gasteiger partial charge in [0.25, 0.3) is 0 Å². The lowest BCUT2D eigenvalue weighted by molar-refractivity contribution is -0.155. The summed E-state index contributed by atoms with van der Waals surface area (Å²) < 4.78 is 34.0. The fraction of sp³-hybridized carbons (Fsp3) is 0.692. The van der Waals surface area contributed by atoms with E-state index in [0.717, 1.165) is 7.11 Å². The molecule has 2 rings (SSSR count). The van der Waals surface area contributed by atoms with Crippen molar-refractivity contribution < 1.29 is 28.0 Å². The molecule has 24 heavy (non-hydrogen) atoms. The van der Waals surface area contributed by atoms with Gasteiger partial charge in [0, 0.05) is 13.3 Å². The third-order valence-corrected chi connectivity index (χ3v) is 4.92. The Kier molecular flexibility index (Phi) is 5.79. The van der Waals surface area contributed by atoms with Crippen molar-refractivity contribution in [1.82, 2.24) is 9.55 Å². The van der Waals surface area contributed by atoms with Gasteiger partial charge in [-0.05, 0) is 19.4 Å². The van der Waals surface area contributed by atoms with Gasteiger partial charge >= 0.3 is 13.5 Å². The van der Waals surface area contributed by atoms with Crippen LogP contribution in [-0.4, -0.2) is 46.5 Å². The summed E-state index contributed by atoms with van der Waals surface area (Å²) in [6.07, 6.45) is 0.372. The predicted octanol–water partition coefficient (Wildman–Crippen LogP) is 0.672. The number of aromatic nitrogens is 2. The van der Waals surface area contributed by atoms with Crippen molar-refractivity contribution >= 4 is 13.6 Å². The van der Waals surface area contributed by atoms with E-state index in [0.29, 0.717) is 6.42 Å². The molecule has 0 aromatic carbocycles. The molecule has 2 heterocycles. The molecule has 0 radical (unpaired) electrons. The lowest BCUT2D eigenvalue weighted by Gasteiger charge is -2.35. The molecule has 0 amide bonds. The van der Waals surface area contributed by atoms with Crippen molar-refractivity contribution in [1.29, 1.82) is 0 Å². The Labute approximate surface area is 139 Å². The van der Waals surface area contributed by atoms with Gasteiger partial charge in [0.15, 0.2) is 0 Å². The summed E-state index contributed by atoms with van der Waals surface area (Å²) in [5.74, 6) is 0.111. The Morgan fingerprint density at radius 2 is 2.38 bits per heavy atom. The first kappa shape index (κ1) is 19.0. The number of rotatable bonds is 7. The largest absolute Gasteiger partial charge is 0.472 e. The molecule has 0 saturated carbocycles. The van der Waals surface area contributed by atoms with Gasteiger partial charge in [0.05, 0.1) is 13.2 Å². The third-order valence-electron chi connectivity index (χ3n) is 3.94. The van der Waals surface area contributed by atoms with Crippen LogP contribution in [0, 0.1) is 0 Å². The predicted molar refractivity (Wildman–Crippen MR) is 84.3 cm³/mol. The highest BCUT2D eigenvalue weighted by Gasteiger charge is 2.49. The maximum absolute atomic E-state index is 11.9. The second-order valence-electron chi connectivity index (χ2n) is 5.44. The minimum atomic E-state index is -4.20. The van der Waals surface area contributed by atoms with Gasteiger partial charge in [-0.3, -0.25) is 13.6 Å². The van der Waals surface area contributed by atoms with Crippen LogP contribution in [0.5, 0.6) is 0 Å². The molecule has 1 fully saturated rings. The van der Waals surface area contributed by atoms with E-state index in [-0.39, 0.29) is 19.0 Å². The number of nitrogens with zero attached hydrogens (tertiary/aromatic N) is 2. The minimum Gasteiger partial charge on any atom is -0.383 e. The number of anilines is 1.